The van der Waals surface area contributed by atoms with Crippen molar-refractivity contribution in [1.82, 2.24) is 0 Å². The number of piperazine rings is 1. The van der Waals surface area contributed by atoms with Gasteiger partial charge in [0.05, 0.1) is 24.0 Å². The quantitative estimate of drug-likeness (QED) is 0.872. The lowest BCUT2D eigenvalue weighted by Gasteiger charge is -2.38. The predicted octanol–water partition coefficient (Wildman–Crippen LogP) is 2.89. The van der Waals surface area contributed by atoms with Crippen LogP contribution in [0, 0.1) is 11.3 Å². The Bertz CT molecular complexity index is 685. The van der Waals surface area contributed by atoms with E-state index in [9.17, 15) is 5.26 Å². The molecule has 22 heavy (non-hydrogen) atoms. The molecule has 0 spiro atoms. The van der Waals surface area contributed by atoms with E-state index in [1.54, 1.807) is 7.11 Å². The minimum atomic E-state index is 0.744. The third kappa shape index (κ3) is 2.71. The van der Waals surface area contributed by atoms with Crippen LogP contribution in [0.25, 0.3) is 0 Å². The van der Waals surface area contributed by atoms with Crippen LogP contribution >= 0.6 is 0 Å². The largest absolute Gasteiger partial charge is 0.495 e. The third-order valence-electron chi connectivity index (χ3n) is 4.07. The van der Waals surface area contributed by atoms with Crippen LogP contribution in [0.5, 0.6) is 5.75 Å². The van der Waals surface area contributed by atoms with Crippen LogP contribution in [0.4, 0.5) is 11.4 Å². The van der Waals surface area contributed by atoms with Gasteiger partial charge in [0.1, 0.15) is 11.8 Å². The molecule has 2 aromatic carbocycles. The van der Waals surface area contributed by atoms with Gasteiger partial charge in [0.2, 0.25) is 0 Å². The summed E-state index contributed by atoms with van der Waals surface area (Å²) in [6.07, 6.45) is 0. The van der Waals surface area contributed by atoms with Crippen molar-refractivity contribution in [2.24, 2.45) is 0 Å². The summed E-state index contributed by atoms with van der Waals surface area (Å²) in [7, 11) is 1.71. The molecule has 112 valence electrons. The van der Waals surface area contributed by atoms with Crippen molar-refractivity contribution < 1.29 is 4.74 Å². The standard InChI is InChI=1S/C18H19N3O/c1-22-18-9-5-4-8-17(18)21-12-10-20(11-13-21)16-7-3-2-6-15(16)14-19/h2-9H,10-13H2,1H3. The van der Waals surface area contributed by atoms with Crippen LogP contribution in [0.15, 0.2) is 48.5 Å². The lowest BCUT2D eigenvalue weighted by Crippen LogP contribution is -2.46. The highest BCUT2D eigenvalue weighted by atomic mass is 16.5. The maximum atomic E-state index is 9.24. The molecule has 1 aliphatic heterocycles. The van der Waals surface area contributed by atoms with Crippen molar-refractivity contribution in [3.8, 4) is 11.8 Å². The Balaban J connectivity index is 1.74. The normalized spacial score (nSPS) is 14.5. The Morgan fingerprint density at radius 3 is 2.05 bits per heavy atom. The summed E-state index contributed by atoms with van der Waals surface area (Å²) in [6, 6.07) is 18.2. The lowest BCUT2D eigenvalue weighted by molar-refractivity contribution is 0.413. The summed E-state index contributed by atoms with van der Waals surface area (Å²) in [5, 5.41) is 9.24. The second-order valence-electron chi connectivity index (χ2n) is 5.27. The molecule has 4 nitrogen and oxygen atoms in total. The van der Waals surface area contributed by atoms with Crippen LogP contribution in [-0.4, -0.2) is 33.3 Å². The summed E-state index contributed by atoms with van der Waals surface area (Å²) >= 11 is 0. The minimum Gasteiger partial charge on any atom is -0.495 e. The summed E-state index contributed by atoms with van der Waals surface area (Å²) in [5.74, 6) is 0.911. The summed E-state index contributed by atoms with van der Waals surface area (Å²) in [5.41, 5.74) is 2.91. The van der Waals surface area contributed by atoms with Gasteiger partial charge in [-0.15, -0.1) is 0 Å². The molecule has 2 aromatic rings. The lowest BCUT2D eigenvalue weighted by atomic mass is 10.1. The number of ether oxygens (including phenoxy) is 1. The fourth-order valence-corrected chi connectivity index (χ4v) is 2.92. The first-order valence-corrected chi connectivity index (χ1v) is 7.45. The van der Waals surface area contributed by atoms with Gasteiger partial charge in [-0.05, 0) is 24.3 Å². The number of hydrogen-bond acceptors (Lipinski definition) is 4. The molecule has 0 unspecified atom stereocenters. The van der Waals surface area contributed by atoms with Crippen molar-refractivity contribution in [2.75, 3.05) is 43.1 Å². The monoisotopic (exact) mass is 293 g/mol. The minimum absolute atomic E-state index is 0.744. The predicted molar refractivity (Wildman–Crippen MR) is 88.6 cm³/mol. The van der Waals surface area contributed by atoms with Crippen molar-refractivity contribution >= 4 is 11.4 Å². The van der Waals surface area contributed by atoms with E-state index in [-0.39, 0.29) is 0 Å². The molecular formula is C18H19N3O. The summed E-state index contributed by atoms with van der Waals surface area (Å²) in [4.78, 5) is 4.62. The van der Waals surface area contributed by atoms with Crippen molar-refractivity contribution in [3.05, 3.63) is 54.1 Å². The van der Waals surface area contributed by atoms with E-state index in [1.165, 1.54) is 0 Å². The van der Waals surface area contributed by atoms with Gasteiger partial charge in [-0.3, -0.25) is 0 Å². The van der Waals surface area contributed by atoms with E-state index < -0.39 is 0 Å². The second-order valence-corrected chi connectivity index (χ2v) is 5.27. The Morgan fingerprint density at radius 2 is 1.41 bits per heavy atom. The average molecular weight is 293 g/mol. The number of nitrogens with zero attached hydrogens (tertiary/aromatic N) is 3. The van der Waals surface area contributed by atoms with Crippen LogP contribution in [-0.2, 0) is 0 Å². The molecule has 1 aliphatic rings. The van der Waals surface area contributed by atoms with Crippen LogP contribution in [0.1, 0.15) is 5.56 Å². The van der Waals surface area contributed by atoms with E-state index in [4.69, 9.17) is 4.74 Å². The first kappa shape index (κ1) is 14.3. The maximum Gasteiger partial charge on any atom is 0.142 e. The topological polar surface area (TPSA) is 39.5 Å². The number of methoxy groups -OCH3 is 1. The van der Waals surface area contributed by atoms with Gasteiger partial charge in [0.25, 0.3) is 0 Å². The molecule has 1 fully saturated rings. The maximum absolute atomic E-state index is 9.24. The molecule has 4 heteroatoms. The molecule has 1 saturated heterocycles. The number of anilines is 2. The van der Waals surface area contributed by atoms with Gasteiger partial charge in [0, 0.05) is 26.2 Å². The molecule has 0 amide bonds. The fraction of sp³-hybridized carbons (Fsp3) is 0.278. The zero-order valence-electron chi connectivity index (χ0n) is 12.7. The fourth-order valence-electron chi connectivity index (χ4n) is 2.92. The van der Waals surface area contributed by atoms with E-state index in [0.717, 1.165) is 48.9 Å². The molecule has 0 atom stereocenters. The SMILES string of the molecule is COc1ccccc1N1CCN(c2ccccc2C#N)CC1. The Morgan fingerprint density at radius 1 is 0.864 bits per heavy atom. The zero-order chi connectivity index (χ0) is 15.4. The zero-order valence-corrected chi connectivity index (χ0v) is 12.7. The van der Waals surface area contributed by atoms with Gasteiger partial charge in [-0.25, -0.2) is 0 Å². The summed E-state index contributed by atoms with van der Waals surface area (Å²) < 4.78 is 5.45. The smallest absolute Gasteiger partial charge is 0.142 e. The number of nitriles is 1. The van der Waals surface area contributed by atoms with E-state index in [2.05, 4.69) is 21.9 Å². The van der Waals surface area contributed by atoms with E-state index in [1.807, 2.05) is 42.5 Å². The molecule has 0 radical (unpaired) electrons. The van der Waals surface area contributed by atoms with Crippen LogP contribution in [0.2, 0.25) is 0 Å². The van der Waals surface area contributed by atoms with Gasteiger partial charge < -0.3 is 14.5 Å². The molecule has 0 bridgehead atoms. The molecule has 0 saturated carbocycles. The first-order valence-electron chi connectivity index (χ1n) is 7.45. The van der Waals surface area contributed by atoms with E-state index in [0.29, 0.717) is 0 Å². The van der Waals surface area contributed by atoms with Crippen molar-refractivity contribution in [1.29, 1.82) is 5.26 Å². The Hall–Kier alpha value is -2.67. The molecule has 0 N–H and O–H groups in total. The first-order chi connectivity index (χ1) is 10.8. The Labute approximate surface area is 131 Å². The molecule has 0 aliphatic carbocycles. The van der Waals surface area contributed by atoms with Crippen molar-refractivity contribution in [2.45, 2.75) is 0 Å². The number of para-hydroxylation sites is 3. The van der Waals surface area contributed by atoms with Crippen LogP contribution < -0.4 is 14.5 Å². The Kier molecular flexibility index (Phi) is 4.15. The number of rotatable bonds is 3. The average Bonchev–Trinajstić information content (AvgIpc) is 2.62. The van der Waals surface area contributed by atoms with Crippen molar-refractivity contribution in [3.63, 3.8) is 0 Å². The van der Waals surface area contributed by atoms with Crippen LogP contribution in [0.3, 0.4) is 0 Å². The van der Waals surface area contributed by atoms with Gasteiger partial charge in [0.15, 0.2) is 0 Å². The highest BCUT2D eigenvalue weighted by Crippen LogP contribution is 2.29. The van der Waals surface area contributed by atoms with E-state index >= 15 is 0 Å². The van der Waals surface area contributed by atoms with Gasteiger partial charge >= 0.3 is 0 Å². The highest BCUT2D eigenvalue weighted by Gasteiger charge is 2.21. The summed E-state index contributed by atoms with van der Waals surface area (Å²) in [6.45, 7) is 3.63. The number of benzene rings is 2. The molecular weight excluding hydrogens is 274 g/mol. The molecule has 1 heterocycles. The number of hydrogen-bond donors (Lipinski definition) is 0. The van der Waals surface area contributed by atoms with Gasteiger partial charge in [-0.2, -0.15) is 5.26 Å². The molecule has 3 rings (SSSR count). The highest BCUT2D eigenvalue weighted by molar-refractivity contribution is 5.62. The molecule has 0 aromatic heterocycles. The van der Waals surface area contributed by atoms with Gasteiger partial charge in [-0.1, -0.05) is 24.3 Å². The third-order valence-corrected chi connectivity index (χ3v) is 4.07. The second kappa shape index (κ2) is 6.40.